The van der Waals surface area contributed by atoms with Crippen molar-refractivity contribution in [2.45, 2.75) is 178 Å². The number of hydrogen-bond donors (Lipinski definition) is 5. The lowest BCUT2D eigenvalue weighted by Crippen LogP contribution is -2.62. The number of ether oxygens (including phenoxy) is 1. The maximum absolute atomic E-state index is 14.8. The summed E-state index contributed by atoms with van der Waals surface area (Å²) in [6.45, 7) is 6.21. The van der Waals surface area contributed by atoms with Crippen LogP contribution in [0.1, 0.15) is 117 Å². The Morgan fingerprint density at radius 3 is 2.26 bits per heavy atom. The van der Waals surface area contributed by atoms with E-state index in [2.05, 4.69) is 21.3 Å². The van der Waals surface area contributed by atoms with Gasteiger partial charge in [0.15, 0.2) is 0 Å². The Kier molecular flexibility index (Phi) is 17.8. The number of carbonyl (C=O) groups excluding carboxylic acids is 7. The third-order valence-electron chi connectivity index (χ3n) is 13.5. The van der Waals surface area contributed by atoms with Crippen LogP contribution in [0.25, 0.3) is 0 Å². The van der Waals surface area contributed by atoms with Crippen LogP contribution in [0.2, 0.25) is 5.02 Å². The van der Waals surface area contributed by atoms with E-state index in [1.54, 1.807) is 18.2 Å². The van der Waals surface area contributed by atoms with Crippen LogP contribution in [-0.4, -0.2) is 148 Å². The molecule has 4 fully saturated rings. The number of carbonyl (C=O) groups is 7. The summed E-state index contributed by atoms with van der Waals surface area (Å²) in [5.74, 6) is -6.45. The third kappa shape index (κ3) is 13.3. The molecule has 1 aromatic carbocycles. The SMILES string of the molecule is CC(C)C[C@@H]1NC(=O)[C@@H](N(C)C(=O)[C@@H](NC(=O)[C@@H]2C[C@@H](F)CN2C(=O)[C@@](C)(O)C(F)(F)F)C2CC2)CCCCNC(=O)C(C)(C)NC(=O)[C@H](Cc2cc(Cl)ccc2OC2CCCCC2)N(C)C1=O. The molecule has 0 bridgehead atoms. The molecular formula is C47H68ClF4N7O9. The average molecular weight is 987 g/mol. The van der Waals surface area contributed by atoms with Crippen molar-refractivity contribution in [3.8, 4) is 5.75 Å². The van der Waals surface area contributed by atoms with Crippen molar-refractivity contribution in [3.63, 3.8) is 0 Å². The van der Waals surface area contributed by atoms with Gasteiger partial charge in [-0.05, 0) is 121 Å². The largest absolute Gasteiger partial charge is 0.490 e. The third-order valence-corrected chi connectivity index (χ3v) is 13.7. The molecule has 7 amide bonds. The van der Waals surface area contributed by atoms with E-state index in [4.69, 9.17) is 16.3 Å². The molecule has 5 rings (SSSR count). The normalized spacial score (nSPS) is 26.3. The first-order chi connectivity index (χ1) is 31.7. The van der Waals surface area contributed by atoms with Crippen LogP contribution in [0, 0.1) is 11.8 Å². The van der Waals surface area contributed by atoms with E-state index in [0.29, 0.717) is 40.5 Å². The highest BCUT2D eigenvalue weighted by Gasteiger charge is 2.59. The van der Waals surface area contributed by atoms with Crippen LogP contribution in [-0.2, 0) is 40.0 Å². The second kappa shape index (κ2) is 22.4. The van der Waals surface area contributed by atoms with Crippen molar-refractivity contribution in [2.24, 2.45) is 11.8 Å². The quantitative estimate of drug-likeness (QED) is 0.191. The fourth-order valence-corrected chi connectivity index (χ4v) is 9.28. The Balaban J connectivity index is 1.44. The Bertz CT molecular complexity index is 2030. The summed E-state index contributed by atoms with van der Waals surface area (Å²) >= 11 is 6.50. The summed E-state index contributed by atoms with van der Waals surface area (Å²) in [5, 5.41) is 21.5. The van der Waals surface area contributed by atoms with Crippen molar-refractivity contribution in [3.05, 3.63) is 28.8 Å². The standard InChI is InChI=1S/C47H68ClF4N7O9/c1-26(2)21-32-41(63)58(7)34(23-28-22-29(48)18-19-36(28)68-31-13-9-8-10-14-31)40(62)56-45(3,4)43(65)53-20-12-11-15-33(38(60)54-32)57(6)42(64)37(27-16-17-27)55-39(61)35-24-30(49)25-59(35)44(66)46(5,67)47(50,51)52/h18-19,22,26-27,30-35,37,67H,8-17,20-21,23-25H2,1-7H3,(H,53,65)(H,54,60)(H,55,61)(H,56,62)/t30-,32+,33+,34+,35+,37+,46-/m1/s1. The molecule has 5 N–H and O–H groups in total. The van der Waals surface area contributed by atoms with Gasteiger partial charge in [0.25, 0.3) is 5.91 Å². The molecule has 4 aliphatic rings. The van der Waals surface area contributed by atoms with Gasteiger partial charge in [-0.3, -0.25) is 33.6 Å². The van der Waals surface area contributed by atoms with Gasteiger partial charge in [-0.1, -0.05) is 31.9 Å². The van der Waals surface area contributed by atoms with Crippen LogP contribution in [0.3, 0.4) is 0 Å². The first-order valence-corrected chi connectivity index (χ1v) is 24.0. The Morgan fingerprint density at radius 1 is 1.00 bits per heavy atom. The summed E-state index contributed by atoms with van der Waals surface area (Å²) in [4.78, 5) is 101. The van der Waals surface area contributed by atoms with Crippen LogP contribution in [0.5, 0.6) is 5.75 Å². The van der Waals surface area contributed by atoms with Crippen LogP contribution < -0.4 is 26.0 Å². The minimum absolute atomic E-state index is 0.0238. The van der Waals surface area contributed by atoms with Gasteiger partial charge in [0.05, 0.1) is 12.6 Å². The van der Waals surface area contributed by atoms with E-state index in [-0.39, 0.29) is 51.2 Å². The van der Waals surface area contributed by atoms with Gasteiger partial charge in [0.2, 0.25) is 41.0 Å². The number of likely N-dealkylation sites (N-methyl/N-ethyl adjacent to an activating group) is 2. The molecule has 0 aromatic heterocycles. The fraction of sp³-hybridized carbons (Fsp3) is 0.723. The van der Waals surface area contributed by atoms with E-state index in [9.17, 15) is 56.2 Å². The lowest BCUT2D eigenvalue weighted by molar-refractivity contribution is -0.250. The number of nitrogens with one attached hydrogen (secondary N) is 4. The molecule has 0 unspecified atom stereocenters. The Hall–Kier alpha value is -4.72. The molecule has 7 atom stereocenters. The van der Waals surface area contributed by atoms with E-state index >= 15 is 0 Å². The maximum Gasteiger partial charge on any atom is 0.426 e. The number of likely N-dealkylation sites (tertiary alicyclic amines) is 1. The molecule has 2 saturated carbocycles. The van der Waals surface area contributed by atoms with Gasteiger partial charge >= 0.3 is 6.18 Å². The maximum atomic E-state index is 14.8. The molecule has 2 heterocycles. The number of nitrogens with zero attached hydrogens (tertiary/aromatic N) is 3. The molecular weight excluding hydrogens is 918 g/mol. The zero-order chi connectivity index (χ0) is 50.5. The van der Waals surface area contributed by atoms with Gasteiger partial charge in [0, 0.05) is 38.5 Å². The van der Waals surface area contributed by atoms with Crippen LogP contribution >= 0.6 is 11.6 Å². The first-order valence-electron chi connectivity index (χ1n) is 23.7. The summed E-state index contributed by atoms with van der Waals surface area (Å²) in [6, 6.07) is -1.77. The second-order valence-corrected chi connectivity index (χ2v) is 20.5. The predicted octanol–water partition coefficient (Wildman–Crippen LogP) is 4.12. The molecule has 2 saturated heterocycles. The smallest absolute Gasteiger partial charge is 0.426 e. The van der Waals surface area contributed by atoms with Crippen molar-refractivity contribution in [2.75, 3.05) is 27.2 Å². The lowest BCUT2D eigenvalue weighted by atomic mass is 9.96. The first kappa shape index (κ1) is 54.2. The van der Waals surface area contributed by atoms with Crippen molar-refractivity contribution in [1.82, 2.24) is 36.0 Å². The Labute approximate surface area is 400 Å². The zero-order valence-corrected chi connectivity index (χ0v) is 40.7. The number of halogens is 5. The number of amides is 7. The van der Waals surface area contributed by atoms with Crippen molar-refractivity contribution < 1.29 is 61.0 Å². The summed E-state index contributed by atoms with van der Waals surface area (Å²) in [7, 11) is 2.77. The van der Waals surface area contributed by atoms with Gasteiger partial charge < -0.3 is 45.8 Å². The molecule has 16 nitrogen and oxygen atoms in total. The summed E-state index contributed by atoms with van der Waals surface area (Å²) in [6.07, 6.45) is -1.69. The highest BCUT2D eigenvalue weighted by Crippen LogP contribution is 2.37. The zero-order valence-electron chi connectivity index (χ0n) is 40.0. The summed E-state index contributed by atoms with van der Waals surface area (Å²) in [5.41, 5.74) is -4.82. The van der Waals surface area contributed by atoms with Crippen LogP contribution in [0.15, 0.2) is 18.2 Å². The van der Waals surface area contributed by atoms with Crippen molar-refractivity contribution in [1.29, 1.82) is 0 Å². The number of benzene rings is 1. The molecule has 2 aliphatic heterocycles. The van der Waals surface area contributed by atoms with Gasteiger partial charge in [-0.15, -0.1) is 0 Å². The second-order valence-electron chi connectivity index (χ2n) is 20.0. The topological polar surface area (TPSA) is 207 Å². The average Bonchev–Trinajstić information content (AvgIpc) is 4.03. The predicted molar refractivity (Wildman–Crippen MR) is 243 cm³/mol. The molecule has 2 aliphatic carbocycles. The highest BCUT2D eigenvalue weighted by atomic mass is 35.5. The van der Waals surface area contributed by atoms with E-state index in [1.165, 1.54) is 32.8 Å². The summed E-state index contributed by atoms with van der Waals surface area (Å²) < 4.78 is 62.1. The number of alkyl halides is 4. The molecule has 0 radical (unpaired) electrons. The molecule has 68 heavy (non-hydrogen) atoms. The molecule has 21 heteroatoms. The van der Waals surface area contributed by atoms with E-state index in [0.717, 1.165) is 37.0 Å². The Morgan fingerprint density at radius 2 is 1.65 bits per heavy atom. The van der Waals surface area contributed by atoms with E-state index < -0.39 is 114 Å². The molecule has 0 spiro atoms. The van der Waals surface area contributed by atoms with Crippen molar-refractivity contribution >= 4 is 53.0 Å². The van der Waals surface area contributed by atoms with Crippen LogP contribution in [0.4, 0.5) is 17.6 Å². The fourth-order valence-electron chi connectivity index (χ4n) is 9.09. The van der Waals surface area contributed by atoms with E-state index in [1.807, 2.05) is 13.8 Å². The molecule has 380 valence electrons. The van der Waals surface area contributed by atoms with Gasteiger partial charge in [0.1, 0.15) is 47.7 Å². The van der Waals surface area contributed by atoms with Gasteiger partial charge in [-0.2, -0.15) is 13.2 Å². The number of aliphatic hydroxyl groups is 1. The highest BCUT2D eigenvalue weighted by molar-refractivity contribution is 6.30. The number of rotatable bonds is 12. The molecule has 1 aromatic rings. The minimum atomic E-state index is -5.43. The monoisotopic (exact) mass is 985 g/mol. The van der Waals surface area contributed by atoms with Gasteiger partial charge in [-0.25, -0.2) is 4.39 Å². The minimum Gasteiger partial charge on any atom is -0.490 e. The number of hydrogen-bond acceptors (Lipinski definition) is 9. The lowest BCUT2D eigenvalue weighted by Gasteiger charge is -2.36.